The van der Waals surface area contributed by atoms with Crippen molar-refractivity contribution < 1.29 is 19.8 Å². The molecular formula is C10H14O4S. The lowest BCUT2D eigenvalue weighted by atomic mass is 10.3. The summed E-state index contributed by atoms with van der Waals surface area (Å²) in [4.78, 5) is 21.5. The zero-order chi connectivity index (χ0) is 11.8. The molecule has 0 spiro atoms. The van der Waals surface area contributed by atoms with Crippen molar-refractivity contribution in [1.82, 2.24) is 0 Å². The van der Waals surface area contributed by atoms with Crippen molar-refractivity contribution in [2.75, 3.05) is 0 Å². The smallest absolute Gasteiger partial charge is 0.316 e. The second-order valence-corrected chi connectivity index (χ2v) is 4.25. The highest BCUT2D eigenvalue weighted by atomic mass is 32.2. The van der Waals surface area contributed by atoms with Crippen LogP contribution in [0.5, 0.6) is 0 Å². The average Bonchev–Trinajstić information content (AvgIpc) is 2.15. The molecule has 0 aliphatic carbocycles. The molecule has 2 unspecified atom stereocenters. The third kappa shape index (κ3) is 5.27. The summed E-state index contributed by atoms with van der Waals surface area (Å²) in [6.07, 6.45) is 3.44. The molecule has 84 valence electrons. The predicted molar refractivity (Wildman–Crippen MR) is 60.1 cm³/mol. The van der Waals surface area contributed by atoms with E-state index in [1.54, 1.807) is 0 Å². The van der Waals surface area contributed by atoms with Gasteiger partial charge in [0.1, 0.15) is 10.5 Å². The van der Waals surface area contributed by atoms with Gasteiger partial charge in [0.2, 0.25) is 0 Å². The van der Waals surface area contributed by atoms with Gasteiger partial charge in [0.15, 0.2) is 0 Å². The third-order valence-corrected chi connectivity index (χ3v) is 3.09. The van der Waals surface area contributed by atoms with Crippen molar-refractivity contribution in [3.05, 3.63) is 25.3 Å². The first-order valence-corrected chi connectivity index (χ1v) is 5.30. The fourth-order valence-electron chi connectivity index (χ4n) is 0.930. The molecule has 0 amide bonds. The van der Waals surface area contributed by atoms with E-state index in [0.29, 0.717) is 0 Å². The number of carboxylic acids is 2. The van der Waals surface area contributed by atoms with Crippen LogP contribution in [0.25, 0.3) is 0 Å². The van der Waals surface area contributed by atoms with Crippen LogP contribution in [-0.2, 0) is 9.59 Å². The Morgan fingerprint density at radius 3 is 1.60 bits per heavy atom. The molecular weight excluding hydrogens is 216 g/mol. The first kappa shape index (κ1) is 13.8. The summed E-state index contributed by atoms with van der Waals surface area (Å²) in [5, 5.41) is 16.1. The van der Waals surface area contributed by atoms with E-state index in [1.165, 1.54) is 12.2 Å². The Morgan fingerprint density at radius 1 is 1.07 bits per heavy atom. The van der Waals surface area contributed by atoms with Crippen LogP contribution in [-0.4, -0.2) is 32.7 Å². The van der Waals surface area contributed by atoms with E-state index in [9.17, 15) is 9.59 Å². The lowest BCUT2D eigenvalue weighted by Gasteiger charge is -2.14. The molecule has 5 heteroatoms. The lowest BCUT2D eigenvalue weighted by Crippen LogP contribution is -2.24. The van der Waals surface area contributed by atoms with Gasteiger partial charge in [-0.1, -0.05) is 12.2 Å². The standard InChI is InChI=1S/C10H14O4S/c1-3-5-7(9(11)12)15-8(6-4-2)10(13)14/h3-4,7-8H,1-2,5-6H2,(H,11,12)(H,13,14). The summed E-state index contributed by atoms with van der Waals surface area (Å²) in [6.45, 7) is 6.87. The van der Waals surface area contributed by atoms with Crippen LogP contribution in [0.15, 0.2) is 25.3 Å². The van der Waals surface area contributed by atoms with Gasteiger partial charge in [-0.25, -0.2) is 0 Å². The van der Waals surface area contributed by atoms with E-state index < -0.39 is 22.4 Å². The second-order valence-electron chi connectivity index (χ2n) is 2.84. The van der Waals surface area contributed by atoms with Gasteiger partial charge in [-0.15, -0.1) is 24.9 Å². The van der Waals surface area contributed by atoms with Gasteiger partial charge in [0, 0.05) is 0 Å². The minimum atomic E-state index is -1.02. The summed E-state index contributed by atoms with van der Waals surface area (Å²) in [7, 11) is 0. The predicted octanol–water partition coefficient (Wildman–Crippen LogP) is 1.78. The van der Waals surface area contributed by atoms with Crippen LogP contribution in [0.3, 0.4) is 0 Å². The Morgan fingerprint density at radius 2 is 1.40 bits per heavy atom. The molecule has 0 aliphatic rings. The summed E-state index contributed by atoms with van der Waals surface area (Å²) in [5.74, 6) is -2.04. The SMILES string of the molecule is C=CCC(SC(CC=C)C(=O)O)C(=O)O. The van der Waals surface area contributed by atoms with E-state index in [-0.39, 0.29) is 12.8 Å². The molecule has 0 rings (SSSR count). The Labute approximate surface area is 92.7 Å². The highest BCUT2D eigenvalue weighted by Crippen LogP contribution is 2.24. The molecule has 0 aromatic heterocycles. The van der Waals surface area contributed by atoms with E-state index in [2.05, 4.69) is 13.2 Å². The van der Waals surface area contributed by atoms with Crippen LogP contribution < -0.4 is 0 Å². The van der Waals surface area contributed by atoms with Crippen LogP contribution in [0, 0.1) is 0 Å². The molecule has 0 bridgehead atoms. The Kier molecular flexibility index (Phi) is 6.53. The molecule has 0 saturated carbocycles. The number of hydrogen-bond acceptors (Lipinski definition) is 3. The van der Waals surface area contributed by atoms with Gasteiger partial charge >= 0.3 is 11.9 Å². The first-order valence-electron chi connectivity index (χ1n) is 4.35. The highest BCUT2D eigenvalue weighted by Gasteiger charge is 2.25. The Balaban J connectivity index is 4.44. The molecule has 0 aliphatic heterocycles. The number of carbonyl (C=O) groups is 2. The number of aliphatic carboxylic acids is 2. The van der Waals surface area contributed by atoms with Crippen molar-refractivity contribution in [3.63, 3.8) is 0 Å². The van der Waals surface area contributed by atoms with Crippen LogP contribution in [0.2, 0.25) is 0 Å². The lowest BCUT2D eigenvalue weighted by molar-refractivity contribution is -0.136. The van der Waals surface area contributed by atoms with Crippen molar-refractivity contribution in [2.24, 2.45) is 0 Å². The van der Waals surface area contributed by atoms with Gasteiger partial charge in [-0.05, 0) is 12.8 Å². The summed E-state index contributed by atoms with van der Waals surface area (Å²) in [6, 6.07) is 0. The fraction of sp³-hybridized carbons (Fsp3) is 0.400. The minimum Gasteiger partial charge on any atom is -0.480 e. The van der Waals surface area contributed by atoms with E-state index in [1.807, 2.05) is 0 Å². The Bertz CT molecular complexity index is 236. The zero-order valence-corrected chi connectivity index (χ0v) is 9.07. The highest BCUT2D eigenvalue weighted by molar-refractivity contribution is 8.01. The van der Waals surface area contributed by atoms with E-state index in [0.717, 1.165) is 11.8 Å². The quantitative estimate of drug-likeness (QED) is 0.622. The van der Waals surface area contributed by atoms with Crippen molar-refractivity contribution >= 4 is 23.7 Å². The monoisotopic (exact) mass is 230 g/mol. The Hall–Kier alpha value is -1.23. The van der Waals surface area contributed by atoms with Crippen molar-refractivity contribution in [1.29, 1.82) is 0 Å². The maximum Gasteiger partial charge on any atom is 0.316 e. The number of hydrogen-bond donors (Lipinski definition) is 2. The topological polar surface area (TPSA) is 74.6 Å². The molecule has 4 nitrogen and oxygen atoms in total. The molecule has 2 atom stereocenters. The van der Waals surface area contributed by atoms with Gasteiger partial charge in [0.25, 0.3) is 0 Å². The molecule has 0 saturated heterocycles. The third-order valence-electron chi connectivity index (χ3n) is 1.64. The van der Waals surface area contributed by atoms with Gasteiger partial charge in [-0.3, -0.25) is 9.59 Å². The maximum atomic E-state index is 10.8. The van der Waals surface area contributed by atoms with Crippen LogP contribution in [0.4, 0.5) is 0 Å². The molecule has 2 N–H and O–H groups in total. The van der Waals surface area contributed by atoms with Gasteiger partial charge in [0.05, 0.1) is 0 Å². The molecule has 0 aromatic rings. The number of rotatable bonds is 8. The normalized spacial score (nSPS) is 13.9. The largest absolute Gasteiger partial charge is 0.480 e. The van der Waals surface area contributed by atoms with Crippen LogP contribution >= 0.6 is 11.8 Å². The van der Waals surface area contributed by atoms with Crippen LogP contribution in [0.1, 0.15) is 12.8 Å². The molecule has 0 heterocycles. The fourth-order valence-corrected chi connectivity index (χ4v) is 2.05. The number of thioether (sulfide) groups is 1. The molecule has 0 radical (unpaired) electrons. The molecule has 15 heavy (non-hydrogen) atoms. The summed E-state index contributed by atoms with van der Waals surface area (Å²) >= 11 is 0.914. The maximum absolute atomic E-state index is 10.8. The van der Waals surface area contributed by atoms with Gasteiger partial charge < -0.3 is 10.2 Å². The zero-order valence-electron chi connectivity index (χ0n) is 8.26. The summed E-state index contributed by atoms with van der Waals surface area (Å²) in [5.41, 5.74) is 0. The molecule has 0 fully saturated rings. The van der Waals surface area contributed by atoms with E-state index >= 15 is 0 Å². The summed E-state index contributed by atoms with van der Waals surface area (Å²) < 4.78 is 0. The van der Waals surface area contributed by atoms with E-state index in [4.69, 9.17) is 10.2 Å². The van der Waals surface area contributed by atoms with Crippen molar-refractivity contribution in [2.45, 2.75) is 23.3 Å². The number of allylic oxidation sites excluding steroid dienone is 2. The number of carboxylic acid groups (broad SMARTS) is 2. The second kappa shape index (κ2) is 7.11. The first-order chi connectivity index (χ1) is 7.02. The average molecular weight is 230 g/mol. The minimum absolute atomic E-state index is 0.251. The van der Waals surface area contributed by atoms with Crippen molar-refractivity contribution in [3.8, 4) is 0 Å². The molecule has 0 aromatic carbocycles. The van der Waals surface area contributed by atoms with Gasteiger partial charge in [-0.2, -0.15) is 0 Å².